The van der Waals surface area contributed by atoms with Crippen LogP contribution in [0, 0.1) is 13.8 Å². The van der Waals surface area contributed by atoms with E-state index in [-0.39, 0.29) is 5.78 Å². The number of rotatable bonds is 4. The summed E-state index contributed by atoms with van der Waals surface area (Å²) in [6, 6.07) is 5.57. The van der Waals surface area contributed by atoms with Gasteiger partial charge < -0.3 is 9.47 Å². The fourth-order valence-corrected chi connectivity index (χ4v) is 2.81. The minimum Gasteiger partial charge on any atom is -0.496 e. The Balaban J connectivity index is 2.48. The molecule has 0 aliphatic carbocycles. The van der Waals surface area contributed by atoms with E-state index in [9.17, 15) is 4.79 Å². The molecule has 100 valence electrons. The molecule has 0 saturated carbocycles. The van der Waals surface area contributed by atoms with Crippen molar-refractivity contribution in [2.24, 2.45) is 0 Å². The van der Waals surface area contributed by atoms with Gasteiger partial charge in [0, 0.05) is 5.56 Å². The van der Waals surface area contributed by atoms with Crippen molar-refractivity contribution in [2.75, 3.05) is 14.2 Å². The predicted molar refractivity (Wildman–Crippen MR) is 76.8 cm³/mol. The molecule has 0 aliphatic heterocycles. The van der Waals surface area contributed by atoms with Crippen LogP contribution >= 0.6 is 11.3 Å². The van der Waals surface area contributed by atoms with Crippen molar-refractivity contribution in [2.45, 2.75) is 13.8 Å². The summed E-state index contributed by atoms with van der Waals surface area (Å²) in [5, 5.41) is 1.86. The third-order valence-corrected chi connectivity index (χ3v) is 3.94. The average Bonchev–Trinajstić information content (AvgIpc) is 2.88. The molecule has 0 spiro atoms. The van der Waals surface area contributed by atoms with E-state index < -0.39 is 0 Å². The fourth-order valence-electron chi connectivity index (χ4n) is 2.00. The van der Waals surface area contributed by atoms with E-state index in [4.69, 9.17) is 9.47 Å². The number of carbonyl (C=O) groups excluding carboxylic acids is 1. The van der Waals surface area contributed by atoms with E-state index in [2.05, 4.69) is 0 Å². The Morgan fingerprint density at radius 2 is 1.74 bits per heavy atom. The number of ether oxygens (including phenoxy) is 2. The lowest BCUT2D eigenvalue weighted by atomic mass is 10.00. The molecule has 0 radical (unpaired) electrons. The molecule has 2 rings (SSSR count). The maximum absolute atomic E-state index is 12.5. The molecule has 19 heavy (non-hydrogen) atoms. The summed E-state index contributed by atoms with van der Waals surface area (Å²) >= 11 is 1.40. The van der Waals surface area contributed by atoms with Crippen molar-refractivity contribution < 1.29 is 14.3 Å². The van der Waals surface area contributed by atoms with Gasteiger partial charge >= 0.3 is 0 Å². The van der Waals surface area contributed by atoms with Gasteiger partial charge in [0.25, 0.3) is 0 Å². The van der Waals surface area contributed by atoms with Gasteiger partial charge in [0.05, 0.1) is 14.2 Å². The number of thiophene rings is 1. The van der Waals surface area contributed by atoms with Crippen LogP contribution in [0.3, 0.4) is 0 Å². The van der Waals surface area contributed by atoms with Crippen LogP contribution in [0.2, 0.25) is 0 Å². The van der Waals surface area contributed by atoms with Gasteiger partial charge in [-0.05, 0) is 48.6 Å². The number of carbonyl (C=O) groups is 1. The molecule has 0 unspecified atom stereocenters. The number of benzene rings is 1. The van der Waals surface area contributed by atoms with E-state index in [1.54, 1.807) is 14.2 Å². The van der Waals surface area contributed by atoms with Crippen LogP contribution in [0.4, 0.5) is 0 Å². The molecule has 0 amide bonds. The number of methoxy groups -OCH3 is 2. The van der Waals surface area contributed by atoms with Gasteiger partial charge in [0.15, 0.2) is 0 Å². The van der Waals surface area contributed by atoms with E-state index in [0.717, 1.165) is 16.9 Å². The molecule has 1 heterocycles. The summed E-state index contributed by atoms with van der Waals surface area (Å²) in [7, 11) is 3.20. The van der Waals surface area contributed by atoms with E-state index >= 15 is 0 Å². The molecule has 0 saturated heterocycles. The molecule has 0 fully saturated rings. The lowest BCUT2D eigenvalue weighted by molar-refractivity contribution is 0.103. The van der Waals surface area contributed by atoms with E-state index in [0.29, 0.717) is 16.2 Å². The summed E-state index contributed by atoms with van der Waals surface area (Å²) in [6.07, 6.45) is 0. The Morgan fingerprint density at radius 1 is 1.05 bits per heavy atom. The zero-order valence-electron chi connectivity index (χ0n) is 11.4. The molecule has 1 aromatic heterocycles. The van der Waals surface area contributed by atoms with Gasteiger partial charge in [0.1, 0.15) is 16.4 Å². The summed E-state index contributed by atoms with van der Waals surface area (Å²) in [6.45, 7) is 3.84. The normalized spacial score (nSPS) is 10.3. The molecular weight excluding hydrogens is 260 g/mol. The van der Waals surface area contributed by atoms with Crippen molar-refractivity contribution in [3.05, 3.63) is 45.1 Å². The molecule has 3 nitrogen and oxygen atoms in total. The van der Waals surface area contributed by atoms with Crippen LogP contribution < -0.4 is 9.47 Å². The molecule has 0 atom stereocenters. The highest BCUT2D eigenvalue weighted by Crippen LogP contribution is 2.30. The van der Waals surface area contributed by atoms with Crippen molar-refractivity contribution in [3.8, 4) is 11.5 Å². The lowest BCUT2D eigenvalue weighted by Gasteiger charge is -2.10. The highest BCUT2D eigenvalue weighted by atomic mass is 32.1. The van der Waals surface area contributed by atoms with Crippen molar-refractivity contribution in [1.29, 1.82) is 0 Å². The van der Waals surface area contributed by atoms with Crippen LogP contribution in [-0.4, -0.2) is 20.0 Å². The first-order chi connectivity index (χ1) is 9.08. The third-order valence-electron chi connectivity index (χ3n) is 3.04. The topological polar surface area (TPSA) is 35.5 Å². The maximum Gasteiger partial charge on any atom is 0.207 e. The Morgan fingerprint density at radius 3 is 2.37 bits per heavy atom. The van der Waals surface area contributed by atoms with Crippen molar-refractivity contribution in [3.63, 3.8) is 0 Å². The molecule has 0 N–H and O–H groups in total. The Hall–Kier alpha value is -1.81. The highest BCUT2D eigenvalue weighted by Gasteiger charge is 2.19. The predicted octanol–water partition coefficient (Wildman–Crippen LogP) is 3.61. The first-order valence-corrected chi connectivity index (χ1v) is 6.78. The third kappa shape index (κ3) is 2.49. The molecule has 2 aromatic rings. The number of aryl methyl sites for hydroxylation is 2. The summed E-state index contributed by atoms with van der Waals surface area (Å²) in [4.78, 5) is 13.2. The first-order valence-electron chi connectivity index (χ1n) is 5.90. The Bertz CT molecular complexity index is 614. The van der Waals surface area contributed by atoms with Gasteiger partial charge in [-0.1, -0.05) is 0 Å². The number of hydrogen-bond acceptors (Lipinski definition) is 4. The van der Waals surface area contributed by atoms with Crippen LogP contribution in [-0.2, 0) is 0 Å². The van der Waals surface area contributed by atoms with Gasteiger partial charge in [-0.2, -0.15) is 0 Å². The van der Waals surface area contributed by atoms with E-state index in [1.165, 1.54) is 11.3 Å². The SMILES string of the molecule is COc1cc(C)c(C(=O)c2sccc2OC)cc1C. The number of hydrogen-bond donors (Lipinski definition) is 0. The molecule has 0 aliphatic rings. The van der Waals surface area contributed by atoms with Crippen molar-refractivity contribution in [1.82, 2.24) is 0 Å². The zero-order valence-corrected chi connectivity index (χ0v) is 12.3. The molecule has 4 heteroatoms. The Kier molecular flexibility index (Phi) is 3.90. The van der Waals surface area contributed by atoms with Crippen molar-refractivity contribution >= 4 is 17.1 Å². The maximum atomic E-state index is 12.5. The van der Waals surface area contributed by atoms with Crippen LogP contribution in [0.15, 0.2) is 23.6 Å². The first kappa shape index (κ1) is 13.6. The van der Waals surface area contributed by atoms with Gasteiger partial charge in [-0.25, -0.2) is 0 Å². The number of ketones is 1. The average molecular weight is 276 g/mol. The largest absolute Gasteiger partial charge is 0.496 e. The van der Waals surface area contributed by atoms with Gasteiger partial charge in [0.2, 0.25) is 5.78 Å². The fraction of sp³-hybridized carbons (Fsp3) is 0.267. The van der Waals surface area contributed by atoms with Crippen LogP contribution in [0.5, 0.6) is 11.5 Å². The Labute approximate surface area is 116 Å². The summed E-state index contributed by atoms with van der Waals surface area (Å²) < 4.78 is 10.5. The van der Waals surface area contributed by atoms with Crippen LogP contribution in [0.25, 0.3) is 0 Å². The smallest absolute Gasteiger partial charge is 0.207 e. The quantitative estimate of drug-likeness (QED) is 0.800. The standard InChI is InChI=1S/C15H16O3S/c1-9-8-13(18-4)10(2)7-11(9)14(16)15-12(17-3)5-6-19-15/h5-8H,1-4H3. The molecule has 1 aromatic carbocycles. The molecule has 0 bridgehead atoms. The second-order valence-corrected chi connectivity index (χ2v) is 5.20. The minimum absolute atomic E-state index is 0.00453. The highest BCUT2D eigenvalue weighted by molar-refractivity contribution is 7.12. The lowest BCUT2D eigenvalue weighted by Crippen LogP contribution is -2.04. The summed E-state index contributed by atoms with van der Waals surface area (Å²) in [5.74, 6) is 1.42. The molecular formula is C15H16O3S. The van der Waals surface area contributed by atoms with E-state index in [1.807, 2.05) is 37.4 Å². The van der Waals surface area contributed by atoms with Crippen LogP contribution in [0.1, 0.15) is 26.4 Å². The minimum atomic E-state index is -0.00453. The second-order valence-electron chi connectivity index (χ2n) is 4.28. The zero-order chi connectivity index (χ0) is 14.0. The van der Waals surface area contributed by atoms with Gasteiger partial charge in [-0.3, -0.25) is 4.79 Å². The van der Waals surface area contributed by atoms with Gasteiger partial charge in [-0.15, -0.1) is 11.3 Å². The summed E-state index contributed by atoms with van der Waals surface area (Å²) in [5.41, 5.74) is 2.55. The monoisotopic (exact) mass is 276 g/mol. The second kappa shape index (κ2) is 5.45.